The number of nitrogens with zero attached hydrogens (tertiary/aromatic N) is 2. The quantitative estimate of drug-likeness (QED) is 0.713. The molecule has 0 saturated carbocycles. The van der Waals surface area contributed by atoms with Gasteiger partial charge in [-0.1, -0.05) is 0 Å². The topological polar surface area (TPSA) is 73.2 Å². The third kappa shape index (κ3) is 2.34. The highest BCUT2D eigenvalue weighted by atomic mass is 16.5. The van der Waals surface area contributed by atoms with Crippen LogP contribution in [0.5, 0.6) is 0 Å². The van der Waals surface area contributed by atoms with Crippen LogP contribution in [0.4, 0.5) is 0 Å². The summed E-state index contributed by atoms with van der Waals surface area (Å²) >= 11 is 0. The predicted molar refractivity (Wildman–Crippen MR) is 52.3 cm³/mol. The van der Waals surface area contributed by atoms with Crippen LogP contribution in [0.2, 0.25) is 0 Å². The molecule has 0 aliphatic rings. The molecule has 0 aliphatic heterocycles. The van der Waals surface area contributed by atoms with E-state index in [1.54, 1.807) is 13.1 Å². The van der Waals surface area contributed by atoms with Gasteiger partial charge >= 0.3 is 5.97 Å². The Kier molecular flexibility index (Phi) is 3.43. The van der Waals surface area contributed by atoms with Gasteiger partial charge in [0.1, 0.15) is 11.7 Å². The summed E-state index contributed by atoms with van der Waals surface area (Å²) in [5, 5.41) is 6.40. The maximum Gasteiger partial charge on any atom is 0.330 e. The smallest absolute Gasteiger partial charge is 0.330 e. The first-order valence-corrected chi connectivity index (χ1v) is 4.45. The van der Waals surface area contributed by atoms with Gasteiger partial charge < -0.3 is 10.1 Å². The maximum absolute atomic E-state index is 11.2. The van der Waals surface area contributed by atoms with Crippen molar-refractivity contribution in [3.63, 3.8) is 0 Å². The Morgan fingerprint density at radius 3 is 2.80 bits per heavy atom. The number of esters is 1. The molecule has 1 unspecified atom stereocenters. The SMILES string of the molecule is CNC(=O)c1ccn(C(C)C(=O)OC)n1. The van der Waals surface area contributed by atoms with Gasteiger partial charge in [0.25, 0.3) is 5.91 Å². The van der Waals surface area contributed by atoms with Gasteiger partial charge in [-0.3, -0.25) is 9.48 Å². The summed E-state index contributed by atoms with van der Waals surface area (Å²) in [6.07, 6.45) is 1.56. The van der Waals surface area contributed by atoms with Gasteiger partial charge in [-0.25, -0.2) is 4.79 Å². The lowest BCUT2D eigenvalue weighted by atomic mass is 10.3. The van der Waals surface area contributed by atoms with Crippen LogP contribution in [0, 0.1) is 0 Å². The van der Waals surface area contributed by atoms with Crippen LogP contribution in [-0.2, 0) is 9.53 Å². The highest BCUT2D eigenvalue weighted by Crippen LogP contribution is 2.07. The lowest BCUT2D eigenvalue weighted by molar-refractivity contribution is -0.144. The van der Waals surface area contributed by atoms with Crippen molar-refractivity contribution in [2.75, 3.05) is 14.2 Å². The van der Waals surface area contributed by atoms with E-state index in [2.05, 4.69) is 15.2 Å². The molecule has 1 heterocycles. The summed E-state index contributed by atoms with van der Waals surface area (Å²) in [7, 11) is 2.83. The Bertz CT molecular complexity index is 372. The van der Waals surface area contributed by atoms with Crippen molar-refractivity contribution in [2.24, 2.45) is 0 Å². The van der Waals surface area contributed by atoms with Gasteiger partial charge in [-0.2, -0.15) is 5.10 Å². The Morgan fingerprint density at radius 1 is 1.60 bits per heavy atom. The molecule has 1 rings (SSSR count). The van der Waals surface area contributed by atoms with Crippen LogP contribution in [0.1, 0.15) is 23.5 Å². The monoisotopic (exact) mass is 211 g/mol. The molecule has 1 amide bonds. The Balaban J connectivity index is 2.84. The van der Waals surface area contributed by atoms with Gasteiger partial charge in [0.05, 0.1) is 7.11 Å². The van der Waals surface area contributed by atoms with Crippen LogP contribution >= 0.6 is 0 Å². The zero-order chi connectivity index (χ0) is 11.4. The fourth-order valence-electron chi connectivity index (χ4n) is 1.08. The van der Waals surface area contributed by atoms with E-state index in [-0.39, 0.29) is 11.6 Å². The molecule has 1 aromatic rings. The summed E-state index contributed by atoms with van der Waals surface area (Å²) in [5.41, 5.74) is 0.272. The molecule has 82 valence electrons. The minimum absolute atomic E-state index is 0.272. The molecule has 0 aromatic carbocycles. The third-order valence-electron chi connectivity index (χ3n) is 2.01. The summed E-state index contributed by atoms with van der Waals surface area (Å²) in [6.45, 7) is 1.65. The van der Waals surface area contributed by atoms with Crippen LogP contribution in [0.25, 0.3) is 0 Å². The van der Waals surface area contributed by atoms with E-state index in [0.29, 0.717) is 0 Å². The van der Waals surface area contributed by atoms with Gasteiger partial charge in [0, 0.05) is 13.2 Å². The van der Waals surface area contributed by atoms with Crippen LogP contribution in [0.15, 0.2) is 12.3 Å². The molecule has 1 atom stereocenters. The van der Waals surface area contributed by atoms with E-state index < -0.39 is 12.0 Å². The number of hydrogen-bond donors (Lipinski definition) is 1. The minimum Gasteiger partial charge on any atom is -0.467 e. The van der Waals surface area contributed by atoms with Gasteiger partial charge in [-0.05, 0) is 13.0 Å². The van der Waals surface area contributed by atoms with Gasteiger partial charge in [0.2, 0.25) is 0 Å². The first-order valence-electron chi connectivity index (χ1n) is 4.45. The number of carbonyl (C=O) groups is 2. The van der Waals surface area contributed by atoms with E-state index in [9.17, 15) is 9.59 Å². The summed E-state index contributed by atoms with van der Waals surface area (Å²) < 4.78 is 5.95. The third-order valence-corrected chi connectivity index (χ3v) is 2.01. The molecule has 0 radical (unpaired) electrons. The number of ether oxygens (including phenoxy) is 1. The minimum atomic E-state index is -0.534. The largest absolute Gasteiger partial charge is 0.467 e. The lowest BCUT2D eigenvalue weighted by Crippen LogP contribution is -2.21. The van der Waals surface area contributed by atoms with Crippen LogP contribution < -0.4 is 5.32 Å². The molecular weight excluding hydrogens is 198 g/mol. The Morgan fingerprint density at radius 2 is 2.27 bits per heavy atom. The average Bonchev–Trinajstić information content (AvgIpc) is 2.75. The highest BCUT2D eigenvalue weighted by Gasteiger charge is 2.17. The molecule has 0 aliphatic carbocycles. The standard InChI is InChI=1S/C9H13N3O3/c1-6(9(14)15-3)12-5-4-7(11-12)8(13)10-2/h4-6H,1-3H3,(H,10,13). The molecule has 0 spiro atoms. The van der Waals surface area contributed by atoms with Crippen molar-refractivity contribution in [1.29, 1.82) is 0 Å². The number of methoxy groups -OCH3 is 1. The van der Waals surface area contributed by atoms with E-state index >= 15 is 0 Å². The summed E-state index contributed by atoms with van der Waals surface area (Å²) in [5.74, 6) is -0.688. The number of amides is 1. The molecule has 1 aromatic heterocycles. The number of hydrogen-bond acceptors (Lipinski definition) is 4. The average molecular weight is 211 g/mol. The van der Waals surface area contributed by atoms with E-state index in [1.807, 2.05) is 0 Å². The summed E-state index contributed by atoms with van der Waals surface area (Å²) in [4.78, 5) is 22.4. The molecule has 0 fully saturated rings. The highest BCUT2D eigenvalue weighted by molar-refractivity contribution is 5.91. The van der Waals surface area contributed by atoms with E-state index in [4.69, 9.17) is 0 Å². The Labute approximate surface area is 87.2 Å². The fourth-order valence-corrected chi connectivity index (χ4v) is 1.08. The molecule has 15 heavy (non-hydrogen) atoms. The second-order valence-corrected chi connectivity index (χ2v) is 2.96. The number of nitrogens with one attached hydrogen (secondary N) is 1. The number of carbonyl (C=O) groups excluding carboxylic acids is 2. The lowest BCUT2D eigenvalue weighted by Gasteiger charge is -2.08. The van der Waals surface area contributed by atoms with Crippen molar-refractivity contribution in [1.82, 2.24) is 15.1 Å². The van der Waals surface area contributed by atoms with E-state index in [0.717, 1.165) is 0 Å². The molecule has 6 heteroatoms. The van der Waals surface area contributed by atoms with E-state index in [1.165, 1.54) is 24.9 Å². The fraction of sp³-hybridized carbons (Fsp3) is 0.444. The molecule has 1 N–H and O–H groups in total. The van der Waals surface area contributed by atoms with Crippen LogP contribution in [-0.4, -0.2) is 35.8 Å². The maximum atomic E-state index is 11.2. The second-order valence-electron chi connectivity index (χ2n) is 2.96. The molecule has 0 bridgehead atoms. The first-order chi connectivity index (χ1) is 7.10. The Hall–Kier alpha value is -1.85. The van der Waals surface area contributed by atoms with Gasteiger partial charge in [0.15, 0.2) is 0 Å². The van der Waals surface area contributed by atoms with Crippen LogP contribution in [0.3, 0.4) is 0 Å². The normalized spacial score (nSPS) is 11.9. The predicted octanol–water partition coefficient (Wildman–Crippen LogP) is -0.0233. The van der Waals surface area contributed by atoms with Crippen molar-refractivity contribution in [3.05, 3.63) is 18.0 Å². The van der Waals surface area contributed by atoms with Crippen molar-refractivity contribution in [3.8, 4) is 0 Å². The zero-order valence-corrected chi connectivity index (χ0v) is 8.85. The zero-order valence-electron chi connectivity index (χ0n) is 8.85. The number of rotatable bonds is 3. The number of aromatic nitrogens is 2. The summed E-state index contributed by atoms with van der Waals surface area (Å²) in [6, 6.07) is 1.01. The molecule has 6 nitrogen and oxygen atoms in total. The van der Waals surface area contributed by atoms with Crippen molar-refractivity contribution >= 4 is 11.9 Å². The second kappa shape index (κ2) is 4.59. The van der Waals surface area contributed by atoms with Crippen molar-refractivity contribution < 1.29 is 14.3 Å². The molecular formula is C9H13N3O3. The molecule has 0 saturated heterocycles. The van der Waals surface area contributed by atoms with Crippen molar-refractivity contribution in [2.45, 2.75) is 13.0 Å². The first kappa shape index (κ1) is 11.2. The van der Waals surface area contributed by atoms with Gasteiger partial charge in [-0.15, -0.1) is 0 Å².